The maximum Gasteiger partial charge on any atom is 0.157 e. The van der Waals surface area contributed by atoms with Gasteiger partial charge < -0.3 is 20.4 Å². The van der Waals surface area contributed by atoms with Crippen LogP contribution in [0.2, 0.25) is 0 Å². The van der Waals surface area contributed by atoms with Gasteiger partial charge in [0.25, 0.3) is 0 Å². The van der Waals surface area contributed by atoms with Gasteiger partial charge in [-0.05, 0) is 56.2 Å². The zero-order valence-electron chi connectivity index (χ0n) is 10.7. The van der Waals surface area contributed by atoms with Crippen LogP contribution in [0.25, 0.3) is 0 Å². The second-order valence-corrected chi connectivity index (χ2v) is 5.69. The topological polar surface area (TPSA) is 55.7 Å². The van der Waals surface area contributed by atoms with E-state index in [1.54, 1.807) is 12.1 Å². The van der Waals surface area contributed by atoms with E-state index in [2.05, 4.69) is 17.3 Å². The Morgan fingerprint density at radius 3 is 2.56 bits per heavy atom. The van der Waals surface area contributed by atoms with Crippen molar-refractivity contribution in [3.63, 3.8) is 0 Å². The Bertz CT molecular complexity index is 465. The highest BCUT2D eigenvalue weighted by Gasteiger charge is 2.39. The Labute approximate surface area is 107 Å². The van der Waals surface area contributed by atoms with E-state index in [9.17, 15) is 10.2 Å². The SMILES string of the molecule is CN1CCC2(CC1)CNCc1cc(O)c(O)cc12. The van der Waals surface area contributed by atoms with Crippen molar-refractivity contribution < 1.29 is 10.2 Å². The molecule has 18 heavy (non-hydrogen) atoms. The average molecular weight is 248 g/mol. The monoisotopic (exact) mass is 248 g/mol. The van der Waals surface area contributed by atoms with E-state index < -0.39 is 0 Å². The van der Waals surface area contributed by atoms with Crippen LogP contribution >= 0.6 is 0 Å². The Hall–Kier alpha value is -1.26. The van der Waals surface area contributed by atoms with Gasteiger partial charge in [0.05, 0.1) is 0 Å². The van der Waals surface area contributed by atoms with Gasteiger partial charge in [0.15, 0.2) is 11.5 Å². The summed E-state index contributed by atoms with van der Waals surface area (Å²) in [5, 5.41) is 22.8. The van der Waals surface area contributed by atoms with Crippen LogP contribution in [0.4, 0.5) is 0 Å². The normalized spacial score (nSPS) is 22.9. The number of piperidine rings is 1. The number of phenols is 2. The fraction of sp³-hybridized carbons (Fsp3) is 0.571. The zero-order valence-corrected chi connectivity index (χ0v) is 10.7. The highest BCUT2D eigenvalue weighted by atomic mass is 16.3. The van der Waals surface area contributed by atoms with Crippen LogP contribution < -0.4 is 5.32 Å². The van der Waals surface area contributed by atoms with Crippen molar-refractivity contribution in [2.45, 2.75) is 24.8 Å². The van der Waals surface area contributed by atoms with Crippen LogP contribution in [0.3, 0.4) is 0 Å². The number of benzene rings is 1. The molecule has 3 N–H and O–H groups in total. The number of hydrogen-bond donors (Lipinski definition) is 3. The Balaban J connectivity index is 2.03. The van der Waals surface area contributed by atoms with Crippen molar-refractivity contribution in [1.29, 1.82) is 0 Å². The molecule has 1 spiro atoms. The van der Waals surface area contributed by atoms with E-state index in [0.717, 1.165) is 44.6 Å². The molecular formula is C14H20N2O2. The van der Waals surface area contributed by atoms with Crippen molar-refractivity contribution in [1.82, 2.24) is 10.2 Å². The minimum absolute atomic E-state index is 0.00829. The largest absolute Gasteiger partial charge is 0.504 e. The summed E-state index contributed by atoms with van der Waals surface area (Å²) in [5.41, 5.74) is 2.48. The first-order valence-electron chi connectivity index (χ1n) is 6.55. The molecule has 0 atom stereocenters. The molecule has 2 heterocycles. The standard InChI is InChI=1S/C14H20N2O2/c1-16-4-2-14(3-5-16)9-15-8-10-6-12(17)13(18)7-11(10)14/h6-7,15,17-18H,2-5,8-9H2,1H3. The van der Waals surface area contributed by atoms with Crippen molar-refractivity contribution in [2.75, 3.05) is 26.7 Å². The minimum Gasteiger partial charge on any atom is -0.504 e. The summed E-state index contributed by atoms with van der Waals surface area (Å²) in [5.74, 6) is -0.00511. The molecule has 3 rings (SSSR count). The van der Waals surface area contributed by atoms with Crippen molar-refractivity contribution in [3.8, 4) is 11.5 Å². The molecule has 1 fully saturated rings. The Morgan fingerprint density at radius 1 is 1.17 bits per heavy atom. The summed E-state index contributed by atoms with van der Waals surface area (Å²) < 4.78 is 0. The zero-order chi connectivity index (χ0) is 12.8. The lowest BCUT2D eigenvalue weighted by molar-refractivity contribution is 0.175. The lowest BCUT2D eigenvalue weighted by atomic mass is 9.69. The van der Waals surface area contributed by atoms with E-state index in [0.29, 0.717) is 0 Å². The Morgan fingerprint density at radius 2 is 1.83 bits per heavy atom. The van der Waals surface area contributed by atoms with Gasteiger partial charge >= 0.3 is 0 Å². The molecule has 1 aromatic rings. The summed E-state index contributed by atoms with van der Waals surface area (Å²) in [6, 6.07) is 3.48. The van der Waals surface area contributed by atoms with Gasteiger partial charge in [-0.15, -0.1) is 0 Å². The highest BCUT2D eigenvalue weighted by molar-refractivity contribution is 5.50. The number of likely N-dealkylation sites (tertiary alicyclic amines) is 1. The van der Waals surface area contributed by atoms with Crippen LogP contribution in [0.5, 0.6) is 11.5 Å². The summed E-state index contributed by atoms with van der Waals surface area (Å²) in [6.07, 6.45) is 2.21. The third-order valence-corrected chi connectivity index (χ3v) is 4.49. The van der Waals surface area contributed by atoms with Gasteiger partial charge in [0.1, 0.15) is 0 Å². The number of phenolic OH excluding ortho intramolecular Hbond substituents is 2. The first kappa shape index (κ1) is 11.8. The minimum atomic E-state index is -0.0134. The highest BCUT2D eigenvalue weighted by Crippen LogP contribution is 2.42. The smallest absolute Gasteiger partial charge is 0.157 e. The fourth-order valence-electron chi connectivity index (χ4n) is 3.28. The molecule has 0 bridgehead atoms. The van der Waals surface area contributed by atoms with Gasteiger partial charge in [-0.2, -0.15) is 0 Å². The molecule has 2 aliphatic heterocycles. The lowest BCUT2D eigenvalue weighted by Crippen LogP contribution is -2.49. The quantitative estimate of drug-likeness (QED) is 0.603. The number of rotatable bonds is 0. The predicted octanol–water partition coefficient (Wildman–Crippen LogP) is 1.16. The second kappa shape index (κ2) is 4.14. The molecule has 0 radical (unpaired) electrons. The summed E-state index contributed by atoms with van der Waals surface area (Å²) in [4.78, 5) is 2.35. The van der Waals surface area contributed by atoms with E-state index in [1.807, 2.05) is 0 Å². The summed E-state index contributed by atoms with van der Waals surface area (Å²) in [6.45, 7) is 3.92. The van der Waals surface area contributed by atoms with E-state index >= 15 is 0 Å². The van der Waals surface area contributed by atoms with Gasteiger partial charge in [-0.1, -0.05) is 0 Å². The number of fused-ring (bicyclic) bond motifs is 2. The maximum atomic E-state index is 9.76. The van der Waals surface area contributed by atoms with Crippen LogP contribution in [-0.4, -0.2) is 41.8 Å². The van der Waals surface area contributed by atoms with Crippen LogP contribution in [-0.2, 0) is 12.0 Å². The first-order chi connectivity index (χ1) is 8.61. The van der Waals surface area contributed by atoms with Crippen LogP contribution in [0.1, 0.15) is 24.0 Å². The summed E-state index contributed by atoms with van der Waals surface area (Å²) >= 11 is 0. The van der Waals surface area contributed by atoms with Gasteiger partial charge in [-0.25, -0.2) is 0 Å². The van der Waals surface area contributed by atoms with E-state index in [-0.39, 0.29) is 16.9 Å². The molecule has 2 aliphatic rings. The molecule has 0 unspecified atom stereocenters. The molecule has 98 valence electrons. The molecule has 0 aromatic heterocycles. The molecule has 1 saturated heterocycles. The number of nitrogens with zero attached hydrogens (tertiary/aromatic N) is 1. The van der Waals surface area contributed by atoms with Crippen LogP contribution in [0.15, 0.2) is 12.1 Å². The van der Waals surface area contributed by atoms with E-state index in [4.69, 9.17) is 0 Å². The third-order valence-electron chi connectivity index (χ3n) is 4.49. The Kier molecular flexibility index (Phi) is 2.72. The molecular weight excluding hydrogens is 228 g/mol. The molecule has 0 amide bonds. The lowest BCUT2D eigenvalue weighted by Gasteiger charge is -2.45. The van der Waals surface area contributed by atoms with Gasteiger partial charge in [0, 0.05) is 18.5 Å². The molecule has 4 nitrogen and oxygen atoms in total. The number of nitrogens with one attached hydrogen (secondary N) is 1. The fourth-order valence-corrected chi connectivity index (χ4v) is 3.28. The maximum absolute atomic E-state index is 9.76. The van der Waals surface area contributed by atoms with Crippen molar-refractivity contribution in [2.24, 2.45) is 0 Å². The van der Waals surface area contributed by atoms with Crippen molar-refractivity contribution >= 4 is 0 Å². The molecule has 4 heteroatoms. The molecule has 0 aliphatic carbocycles. The van der Waals surface area contributed by atoms with Gasteiger partial charge in [0.2, 0.25) is 0 Å². The first-order valence-corrected chi connectivity index (χ1v) is 6.55. The third kappa shape index (κ3) is 1.76. The predicted molar refractivity (Wildman–Crippen MR) is 69.9 cm³/mol. The van der Waals surface area contributed by atoms with Crippen LogP contribution in [0, 0.1) is 0 Å². The van der Waals surface area contributed by atoms with Gasteiger partial charge in [-0.3, -0.25) is 0 Å². The number of aromatic hydroxyl groups is 2. The second-order valence-electron chi connectivity index (χ2n) is 5.69. The van der Waals surface area contributed by atoms with E-state index in [1.165, 1.54) is 5.56 Å². The summed E-state index contributed by atoms with van der Waals surface area (Å²) in [7, 11) is 2.15. The molecule has 1 aromatic carbocycles. The molecule has 0 saturated carbocycles. The number of hydrogen-bond acceptors (Lipinski definition) is 4. The average Bonchev–Trinajstić information content (AvgIpc) is 2.36. The van der Waals surface area contributed by atoms with Crippen molar-refractivity contribution in [3.05, 3.63) is 23.3 Å².